The Kier molecular flexibility index (Phi) is 5.14. The second-order valence-corrected chi connectivity index (χ2v) is 6.25. The number of aliphatic carboxylic acids is 1. The molecule has 1 aliphatic heterocycles. The molecule has 2 N–H and O–H groups in total. The number of carboxylic acids is 1. The highest BCUT2D eigenvalue weighted by Crippen LogP contribution is 2.26. The van der Waals surface area contributed by atoms with Gasteiger partial charge in [-0.3, -0.25) is 4.79 Å². The molecule has 0 bridgehead atoms. The van der Waals surface area contributed by atoms with Gasteiger partial charge in [0.2, 0.25) is 5.60 Å². The van der Waals surface area contributed by atoms with Crippen LogP contribution in [0.5, 0.6) is 0 Å². The number of amides is 1. The second-order valence-electron chi connectivity index (χ2n) is 6.25. The molecule has 5 heteroatoms. The summed E-state index contributed by atoms with van der Waals surface area (Å²) in [5.74, 6) is -1.80. The topological polar surface area (TPSA) is 75.6 Å². The molecule has 1 aliphatic rings. The molecular weight excluding hydrogens is 318 g/mol. The average Bonchev–Trinajstić information content (AvgIpc) is 3.13. The number of hydrogen-bond acceptors (Lipinski definition) is 3. The molecule has 0 spiro atoms. The third kappa shape index (κ3) is 3.88. The van der Waals surface area contributed by atoms with Crippen LogP contribution >= 0.6 is 0 Å². The van der Waals surface area contributed by atoms with Crippen LogP contribution in [0.25, 0.3) is 0 Å². The summed E-state index contributed by atoms with van der Waals surface area (Å²) >= 11 is 0. The van der Waals surface area contributed by atoms with Gasteiger partial charge < -0.3 is 15.2 Å². The van der Waals surface area contributed by atoms with E-state index in [0.29, 0.717) is 13.0 Å². The van der Waals surface area contributed by atoms with Gasteiger partial charge in [-0.15, -0.1) is 0 Å². The van der Waals surface area contributed by atoms with Gasteiger partial charge in [0.05, 0.1) is 0 Å². The minimum absolute atomic E-state index is 0.212. The van der Waals surface area contributed by atoms with Crippen LogP contribution in [0.15, 0.2) is 54.6 Å². The Bertz CT molecular complexity index is 734. The Balaban J connectivity index is 1.58. The fraction of sp³-hybridized carbons (Fsp3) is 0.300. The van der Waals surface area contributed by atoms with Gasteiger partial charge in [0.15, 0.2) is 0 Å². The maximum atomic E-state index is 12.3. The summed E-state index contributed by atoms with van der Waals surface area (Å²) < 4.78 is 5.23. The number of carboxylic acid groups (broad SMARTS) is 1. The van der Waals surface area contributed by atoms with Gasteiger partial charge in [0.1, 0.15) is 0 Å². The summed E-state index contributed by atoms with van der Waals surface area (Å²) in [4.78, 5) is 23.7. The molecule has 1 atom stereocenters. The number of carbonyl (C=O) groups is 2. The van der Waals surface area contributed by atoms with Gasteiger partial charge in [-0.1, -0.05) is 54.6 Å². The van der Waals surface area contributed by atoms with Crippen molar-refractivity contribution in [2.45, 2.75) is 31.4 Å². The van der Waals surface area contributed by atoms with Crippen molar-refractivity contribution in [3.8, 4) is 0 Å². The van der Waals surface area contributed by atoms with E-state index >= 15 is 0 Å². The third-order valence-corrected chi connectivity index (χ3v) is 4.46. The van der Waals surface area contributed by atoms with E-state index in [0.717, 1.165) is 12.0 Å². The van der Waals surface area contributed by atoms with E-state index in [1.165, 1.54) is 11.1 Å². The van der Waals surface area contributed by atoms with Gasteiger partial charge in [-0.05, 0) is 36.0 Å². The Morgan fingerprint density at radius 3 is 2.24 bits per heavy atom. The maximum absolute atomic E-state index is 12.3. The van der Waals surface area contributed by atoms with E-state index in [9.17, 15) is 14.7 Å². The minimum atomic E-state index is -1.73. The molecule has 0 aliphatic carbocycles. The Hall–Kier alpha value is -2.66. The highest BCUT2D eigenvalue weighted by Gasteiger charge is 2.50. The molecule has 25 heavy (non-hydrogen) atoms. The predicted molar refractivity (Wildman–Crippen MR) is 93.1 cm³/mol. The quantitative estimate of drug-likeness (QED) is 0.793. The van der Waals surface area contributed by atoms with Crippen molar-refractivity contribution >= 4 is 11.9 Å². The summed E-state index contributed by atoms with van der Waals surface area (Å²) in [6.45, 7) is 0.580. The van der Waals surface area contributed by atoms with Crippen LogP contribution < -0.4 is 5.32 Å². The van der Waals surface area contributed by atoms with E-state index in [4.69, 9.17) is 4.74 Å². The SMILES string of the molecule is O=C(O)C1(C(=O)NCc2ccc(Cc3ccccc3)cc2)CCCO1. The third-order valence-electron chi connectivity index (χ3n) is 4.46. The van der Waals surface area contributed by atoms with E-state index in [1.807, 2.05) is 42.5 Å². The number of hydrogen-bond donors (Lipinski definition) is 2. The van der Waals surface area contributed by atoms with Crippen molar-refractivity contribution in [3.05, 3.63) is 71.3 Å². The van der Waals surface area contributed by atoms with E-state index < -0.39 is 17.5 Å². The summed E-state index contributed by atoms with van der Waals surface area (Å²) in [6.07, 6.45) is 1.64. The van der Waals surface area contributed by atoms with Crippen molar-refractivity contribution < 1.29 is 19.4 Å². The zero-order valence-electron chi connectivity index (χ0n) is 13.9. The first-order valence-corrected chi connectivity index (χ1v) is 8.37. The lowest BCUT2D eigenvalue weighted by Gasteiger charge is -2.22. The van der Waals surface area contributed by atoms with Crippen LogP contribution in [0.1, 0.15) is 29.5 Å². The number of rotatable bonds is 6. The first kappa shape index (κ1) is 17.2. The normalized spacial score (nSPS) is 19.5. The molecule has 1 fully saturated rings. The molecule has 1 unspecified atom stereocenters. The fourth-order valence-corrected chi connectivity index (χ4v) is 3.02. The lowest BCUT2D eigenvalue weighted by atomic mass is 9.99. The molecule has 5 nitrogen and oxygen atoms in total. The zero-order valence-corrected chi connectivity index (χ0v) is 13.9. The molecule has 1 amide bonds. The van der Waals surface area contributed by atoms with E-state index in [2.05, 4.69) is 17.4 Å². The molecule has 0 radical (unpaired) electrons. The Labute approximate surface area is 146 Å². The molecule has 1 saturated heterocycles. The first-order valence-electron chi connectivity index (χ1n) is 8.37. The molecule has 130 valence electrons. The van der Waals surface area contributed by atoms with Crippen LogP contribution in [-0.2, 0) is 27.3 Å². The molecule has 3 rings (SSSR count). The summed E-state index contributed by atoms with van der Waals surface area (Å²) in [7, 11) is 0. The summed E-state index contributed by atoms with van der Waals surface area (Å²) in [6, 6.07) is 18.1. The van der Waals surface area contributed by atoms with Crippen molar-refractivity contribution in [3.63, 3.8) is 0 Å². The van der Waals surface area contributed by atoms with Crippen molar-refractivity contribution in [2.24, 2.45) is 0 Å². The molecule has 1 heterocycles. The minimum Gasteiger partial charge on any atom is -0.479 e. The van der Waals surface area contributed by atoms with Crippen molar-refractivity contribution in [1.82, 2.24) is 5.32 Å². The lowest BCUT2D eigenvalue weighted by Crippen LogP contribution is -2.52. The van der Waals surface area contributed by atoms with Crippen LogP contribution in [0, 0.1) is 0 Å². The maximum Gasteiger partial charge on any atom is 0.345 e. The van der Waals surface area contributed by atoms with Gasteiger partial charge >= 0.3 is 5.97 Å². The molecule has 0 aromatic heterocycles. The van der Waals surface area contributed by atoms with Gasteiger partial charge in [0.25, 0.3) is 5.91 Å². The van der Waals surface area contributed by atoms with Gasteiger partial charge in [-0.25, -0.2) is 4.79 Å². The number of nitrogens with one attached hydrogen (secondary N) is 1. The fourth-order valence-electron chi connectivity index (χ4n) is 3.02. The van der Waals surface area contributed by atoms with Crippen LogP contribution in [0.2, 0.25) is 0 Å². The zero-order chi connectivity index (χ0) is 17.7. The van der Waals surface area contributed by atoms with Crippen LogP contribution in [0.3, 0.4) is 0 Å². The average molecular weight is 339 g/mol. The first-order chi connectivity index (χ1) is 12.1. The van der Waals surface area contributed by atoms with Crippen LogP contribution in [0.4, 0.5) is 0 Å². The Morgan fingerprint density at radius 1 is 1.00 bits per heavy atom. The van der Waals surface area contributed by atoms with Crippen molar-refractivity contribution in [2.75, 3.05) is 6.61 Å². The molecular formula is C20H21NO4. The smallest absolute Gasteiger partial charge is 0.345 e. The largest absolute Gasteiger partial charge is 0.479 e. The molecule has 2 aromatic carbocycles. The number of ether oxygens (including phenoxy) is 1. The number of carbonyl (C=O) groups excluding carboxylic acids is 1. The summed E-state index contributed by atoms with van der Waals surface area (Å²) in [5, 5.41) is 12.0. The standard InChI is InChI=1S/C20H21NO4/c22-18(20(19(23)24)11-4-12-25-20)21-14-17-9-7-16(8-10-17)13-15-5-2-1-3-6-15/h1-3,5-10H,4,11-14H2,(H,21,22)(H,23,24). The van der Waals surface area contributed by atoms with Crippen molar-refractivity contribution in [1.29, 1.82) is 0 Å². The molecule has 2 aromatic rings. The number of benzene rings is 2. The second kappa shape index (κ2) is 7.49. The van der Waals surface area contributed by atoms with E-state index in [-0.39, 0.29) is 13.0 Å². The Morgan fingerprint density at radius 2 is 1.64 bits per heavy atom. The van der Waals surface area contributed by atoms with E-state index in [1.54, 1.807) is 0 Å². The lowest BCUT2D eigenvalue weighted by molar-refractivity contribution is -0.167. The highest BCUT2D eigenvalue weighted by molar-refractivity contribution is 6.05. The van der Waals surface area contributed by atoms with Gasteiger partial charge in [-0.2, -0.15) is 0 Å². The highest BCUT2D eigenvalue weighted by atomic mass is 16.5. The van der Waals surface area contributed by atoms with Crippen LogP contribution in [-0.4, -0.2) is 29.2 Å². The summed E-state index contributed by atoms with van der Waals surface area (Å²) in [5.41, 5.74) is 1.62. The van der Waals surface area contributed by atoms with Gasteiger partial charge in [0, 0.05) is 13.2 Å². The predicted octanol–water partition coefficient (Wildman–Crippen LogP) is 2.53. The molecule has 0 saturated carbocycles. The monoisotopic (exact) mass is 339 g/mol.